The smallest absolute Gasteiger partial charge is 0.335 e. The lowest BCUT2D eigenvalue weighted by molar-refractivity contribution is 0.0660. The number of rotatable bonds is 4. The number of nitrogens with zero attached hydrogens (tertiary/aromatic N) is 2. The molecule has 1 fully saturated rings. The fraction of sp³-hybridized carbons (Fsp3) is 0.250. The fourth-order valence-electron chi connectivity index (χ4n) is 2.99. The van der Waals surface area contributed by atoms with Crippen molar-refractivity contribution in [3.05, 3.63) is 65.2 Å². The Hall–Kier alpha value is -3.55. The predicted octanol–water partition coefficient (Wildman–Crippen LogP) is 1.76. The predicted molar refractivity (Wildman–Crippen MR) is 101 cm³/mol. The van der Waals surface area contributed by atoms with E-state index in [0.29, 0.717) is 26.2 Å². The molecule has 146 valence electrons. The Morgan fingerprint density at radius 2 is 1.50 bits per heavy atom. The first kappa shape index (κ1) is 19.2. The standard InChI is InChI=1S/C20H21N3O5/c24-17-4-2-1-3-16(17)18(25)22-9-11-23(12-10-22)20(28)21-13-14-5-7-15(8-6-14)19(26)27/h1-8,24H,9-13H2,(H,21,28)(H,26,27). The number of benzene rings is 2. The number of phenolic OH excluding ortho intramolecular Hbond substituents is 1. The highest BCUT2D eigenvalue weighted by Crippen LogP contribution is 2.18. The van der Waals surface area contributed by atoms with Crippen LogP contribution in [-0.2, 0) is 6.54 Å². The van der Waals surface area contributed by atoms with Crippen LogP contribution in [-0.4, -0.2) is 64.1 Å². The van der Waals surface area contributed by atoms with Gasteiger partial charge in [-0.2, -0.15) is 0 Å². The average Bonchev–Trinajstić information content (AvgIpc) is 2.72. The second-order valence-corrected chi connectivity index (χ2v) is 6.46. The van der Waals surface area contributed by atoms with Gasteiger partial charge in [-0.25, -0.2) is 9.59 Å². The number of carboxylic acid groups (broad SMARTS) is 1. The van der Waals surface area contributed by atoms with Crippen molar-refractivity contribution in [2.75, 3.05) is 26.2 Å². The first-order chi connectivity index (χ1) is 13.5. The van der Waals surface area contributed by atoms with Gasteiger partial charge in [0.15, 0.2) is 0 Å². The van der Waals surface area contributed by atoms with Crippen LogP contribution in [0.1, 0.15) is 26.3 Å². The van der Waals surface area contributed by atoms with E-state index >= 15 is 0 Å². The molecule has 28 heavy (non-hydrogen) atoms. The van der Waals surface area contributed by atoms with E-state index < -0.39 is 5.97 Å². The fourth-order valence-corrected chi connectivity index (χ4v) is 2.99. The number of para-hydroxylation sites is 1. The molecule has 0 unspecified atom stereocenters. The van der Waals surface area contributed by atoms with Gasteiger partial charge in [-0.3, -0.25) is 4.79 Å². The Labute approximate surface area is 162 Å². The first-order valence-corrected chi connectivity index (χ1v) is 8.88. The Morgan fingerprint density at radius 1 is 0.893 bits per heavy atom. The molecule has 8 heteroatoms. The highest BCUT2D eigenvalue weighted by atomic mass is 16.4. The van der Waals surface area contributed by atoms with Crippen molar-refractivity contribution in [3.8, 4) is 5.75 Å². The van der Waals surface area contributed by atoms with E-state index in [9.17, 15) is 19.5 Å². The Bertz CT molecular complexity index is 874. The van der Waals surface area contributed by atoms with Crippen molar-refractivity contribution < 1.29 is 24.6 Å². The number of urea groups is 1. The Kier molecular flexibility index (Phi) is 5.78. The van der Waals surface area contributed by atoms with Gasteiger partial charge in [-0.1, -0.05) is 24.3 Å². The highest BCUT2D eigenvalue weighted by molar-refractivity contribution is 5.97. The second-order valence-electron chi connectivity index (χ2n) is 6.46. The number of carbonyl (C=O) groups excluding carboxylic acids is 2. The molecule has 1 aliphatic heterocycles. The van der Waals surface area contributed by atoms with Crippen molar-refractivity contribution in [2.45, 2.75) is 6.54 Å². The number of hydrogen-bond donors (Lipinski definition) is 3. The number of aromatic carboxylic acids is 1. The van der Waals surface area contributed by atoms with E-state index in [1.165, 1.54) is 18.2 Å². The molecule has 3 N–H and O–H groups in total. The molecule has 3 rings (SSSR count). The number of nitrogens with one attached hydrogen (secondary N) is 1. The molecular formula is C20H21N3O5. The average molecular weight is 383 g/mol. The number of hydrogen-bond acceptors (Lipinski definition) is 4. The lowest BCUT2D eigenvalue weighted by Gasteiger charge is -2.34. The molecule has 2 aromatic rings. The number of carboxylic acids is 1. The maximum Gasteiger partial charge on any atom is 0.335 e. The summed E-state index contributed by atoms with van der Waals surface area (Å²) in [5, 5.41) is 21.5. The van der Waals surface area contributed by atoms with Gasteiger partial charge in [0.2, 0.25) is 0 Å². The summed E-state index contributed by atoms with van der Waals surface area (Å²) in [5.74, 6) is -1.30. The van der Waals surface area contributed by atoms with Crippen molar-refractivity contribution in [1.82, 2.24) is 15.1 Å². The molecule has 1 heterocycles. The number of phenols is 1. The van der Waals surface area contributed by atoms with E-state index in [1.54, 1.807) is 40.1 Å². The highest BCUT2D eigenvalue weighted by Gasteiger charge is 2.25. The van der Waals surface area contributed by atoms with Crippen molar-refractivity contribution in [3.63, 3.8) is 0 Å². The van der Waals surface area contributed by atoms with Crippen LogP contribution in [0.4, 0.5) is 4.79 Å². The minimum absolute atomic E-state index is 0.0541. The molecule has 1 aliphatic rings. The molecule has 0 bridgehead atoms. The summed E-state index contributed by atoms with van der Waals surface area (Å²) >= 11 is 0. The van der Waals surface area contributed by atoms with Crippen LogP contribution in [0.5, 0.6) is 5.75 Å². The van der Waals surface area contributed by atoms with Gasteiger partial charge < -0.3 is 25.3 Å². The lowest BCUT2D eigenvalue weighted by atomic mass is 10.1. The molecule has 0 aromatic heterocycles. The van der Waals surface area contributed by atoms with Crippen LogP contribution in [0.25, 0.3) is 0 Å². The molecule has 8 nitrogen and oxygen atoms in total. The van der Waals surface area contributed by atoms with E-state index in [-0.39, 0.29) is 35.4 Å². The molecule has 2 aromatic carbocycles. The summed E-state index contributed by atoms with van der Waals surface area (Å²) < 4.78 is 0. The zero-order chi connectivity index (χ0) is 20.1. The van der Waals surface area contributed by atoms with Crippen molar-refractivity contribution in [1.29, 1.82) is 0 Å². The summed E-state index contributed by atoms with van der Waals surface area (Å²) in [6, 6.07) is 12.5. The SMILES string of the molecule is O=C(O)c1ccc(CNC(=O)N2CCN(C(=O)c3ccccc3O)CC2)cc1. The molecule has 0 radical (unpaired) electrons. The second kappa shape index (κ2) is 8.43. The summed E-state index contributed by atoms with van der Waals surface area (Å²) in [5.41, 5.74) is 1.25. The summed E-state index contributed by atoms with van der Waals surface area (Å²) in [6.45, 7) is 1.84. The normalized spacial score (nSPS) is 13.9. The van der Waals surface area contributed by atoms with Gasteiger partial charge >= 0.3 is 12.0 Å². The van der Waals surface area contributed by atoms with Crippen LogP contribution in [0.2, 0.25) is 0 Å². The minimum Gasteiger partial charge on any atom is -0.507 e. The number of aromatic hydroxyl groups is 1. The third-order valence-electron chi connectivity index (χ3n) is 4.63. The van der Waals surface area contributed by atoms with Gasteiger partial charge in [0.25, 0.3) is 5.91 Å². The van der Waals surface area contributed by atoms with E-state index in [0.717, 1.165) is 5.56 Å². The molecule has 0 atom stereocenters. The van der Waals surface area contributed by atoms with Gasteiger partial charge in [-0.15, -0.1) is 0 Å². The number of amides is 3. The maximum atomic E-state index is 12.5. The zero-order valence-corrected chi connectivity index (χ0v) is 15.2. The molecular weight excluding hydrogens is 362 g/mol. The van der Waals surface area contributed by atoms with Crippen LogP contribution >= 0.6 is 0 Å². The zero-order valence-electron chi connectivity index (χ0n) is 15.2. The maximum absolute atomic E-state index is 12.5. The first-order valence-electron chi connectivity index (χ1n) is 8.88. The molecule has 0 aliphatic carbocycles. The van der Waals surface area contributed by atoms with Crippen LogP contribution in [0, 0.1) is 0 Å². The summed E-state index contributed by atoms with van der Waals surface area (Å²) in [7, 11) is 0. The van der Waals surface area contributed by atoms with Crippen molar-refractivity contribution >= 4 is 17.9 Å². The van der Waals surface area contributed by atoms with Crippen LogP contribution < -0.4 is 5.32 Å². The third kappa shape index (κ3) is 4.40. The van der Waals surface area contributed by atoms with Crippen molar-refractivity contribution in [2.24, 2.45) is 0 Å². The minimum atomic E-state index is -0.994. The van der Waals surface area contributed by atoms with Gasteiger partial charge in [0.1, 0.15) is 5.75 Å². The molecule has 0 saturated carbocycles. The quantitative estimate of drug-likeness (QED) is 0.745. The topological polar surface area (TPSA) is 110 Å². The summed E-state index contributed by atoms with van der Waals surface area (Å²) in [6.07, 6.45) is 0. The van der Waals surface area contributed by atoms with Crippen LogP contribution in [0.3, 0.4) is 0 Å². The van der Waals surface area contributed by atoms with Gasteiger partial charge in [0, 0.05) is 32.7 Å². The third-order valence-corrected chi connectivity index (χ3v) is 4.63. The largest absolute Gasteiger partial charge is 0.507 e. The Balaban J connectivity index is 1.49. The molecule has 1 saturated heterocycles. The van der Waals surface area contributed by atoms with E-state index in [2.05, 4.69) is 5.32 Å². The van der Waals surface area contributed by atoms with E-state index in [1.807, 2.05) is 0 Å². The molecule has 3 amide bonds. The summed E-state index contributed by atoms with van der Waals surface area (Å²) in [4.78, 5) is 38.9. The number of piperazine rings is 1. The van der Waals surface area contributed by atoms with Crippen LogP contribution in [0.15, 0.2) is 48.5 Å². The van der Waals surface area contributed by atoms with E-state index in [4.69, 9.17) is 5.11 Å². The van der Waals surface area contributed by atoms with Gasteiger partial charge in [0.05, 0.1) is 11.1 Å². The monoisotopic (exact) mass is 383 g/mol. The van der Waals surface area contributed by atoms with Gasteiger partial charge in [-0.05, 0) is 29.8 Å². The lowest BCUT2D eigenvalue weighted by Crippen LogP contribution is -2.53. The molecule has 0 spiro atoms. The Morgan fingerprint density at radius 3 is 2.11 bits per heavy atom. The number of carbonyl (C=O) groups is 3.